The molecule has 1 rings (SSSR count). The molecule has 84 valence electrons. The fraction of sp³-hybridized carbons (Fsp3) is 0.333. The number of carbonyl (C=O) groups excluding carboxylic acids is 2. The minimum atomic E-state index is -0.0855. The van der Waals surface area contributed by atoms with Gasteiger partial charge in [-0.3, -0.25) is 4.79 Å². The maximum atomic E-state index is 11.5. The van der Waals surface area contributed by atoms with Crippen molar-refractivity contribution in [2.45, 2.75) is 20.8 Å². The largest absolute Gasteiger partial charge is 0.326 e. The molecular formula is C12H14N2O2. The van der Waals surface area contributed by atoms with E-state index in [0.29, 0.717) is 11.4 Å². The highest BCUT2D eigenvalue weighted by Crippen LogP contribution is 2.25. The summed E-state index contributed by atoms with van der Waals surface area (Å²) in [5.41, 5.74) is 1.96. The van der Waals surface area contributed by atoms with Crippen LogP contribution in [-0.4, -0.2) is 12.0 Å². The van der Waals surface area contributed by atoms with Gasteiger partial charge >= 0.3 is 0 Å². The van der Waals surface area contributed by atoms with E-state index >= 15 is 0 Å². The molecule has 0 radical (unpaired) electrons. The Morgan fingerprint density at radius 1 is 1.44 bits per heavy atom. The van der Waals surface area contributed by atoms with E-state index in [1.807, 2.05) is 13.8 Å². The van der Waals surface area contributed by atoms with Gasteiger partial charge in [-0.25, -0.2) is 4.79 Å². The van der Waals surface area contributed by atoms with Crippen molar-refractivity contribution in [3.05, 3.63) is 23.8 Å². The van der Waals surface area contributed by atoms with Gasteiger partial charge in [0.1, 0.15) is 0 Å². The molecule has 4 nitrogen and oxygen atoms in total. The number of carbonyl (C=O) groups is 1. The molecule has 16 heavy (non-hydrogen) atoms. The van der Waals surface area contributed by atoms with E-state index < -0.39 is 0 Å². The fourth-order valence-electron chi connectivity index (χ4n) is 1.21. The summed E-state index contributed by atoms with van der Waals surface area (Å²) in [5.74, 6) is -0.145. The third-order valence-corrected chi connectivity index (χ3v) is 2.25. The van der Waals surface area contributed by atoms with Crippen LogP contribution in [0.5, 0.6) is 0 Å². The van der Waals surface area contributed by atoms with Gasteiger partial charge in [-0.15, -0.1) is 0 Å². The van der Waals surface area contributed by atoms with E-state index in [1.165, 1.54) is 6.08 Å². The molecule has 4 heteroatoms. The van der Waals surface area contributed by atoms with Gasteiger partial charge in [-0.2, -0.15) is 4.99 Å². The van der Waals surface area contributed by atoms with Gasteiger partial charge in [0.05, 0.1) is 5.69 Å². The third-order valence-electron chi connectivity index (χ3n) is 2.25. The Hall–Kier alpha value is -1.93. The Kier molecular flexibility index (Phi) is 3.97. The number of amides is 1. The highest BCUT2D eigenvalue weighted by molar-refractivity contribution is 5.93. The SMILES string of the molecule is Cc1c(N=C=O)cccc1NC(=O)C(C)C. The number of anilines is 1. The van der Waals surface area contributed by atoms with Crippen molar-refractivity contribution in [1.82, 2.24) is 0 Å². The molecule has 0 aliphatic carbocycles. The molecule has 0 bridgehead atoms. The molecule has 1 aromatic rings. The number of nitrogens with zero attached hydrogens (tertiary/aromatic N) is 1. The van der Waals surface area contributed by atoms with Crippen molar-refractivity contribution in [2.75, 3.05) is 5.32 Å². The lowest BCUT2D eigenvalue weighted by molar-refractivity contribution is -0.118. The first-order valence-corrected chi connectivity index (χ1v) is 5.04. The monoisotopic (exact) mass is 218 g/mol. The number of isocyanates is 1. The van der Waals surface area contributed by atoms with Gasteiger partial charge < -0.3 is 5.32 Å². The van der Waals surface area contributed by atoms with Gasteiger partial charge in [-0.05, 0) is 24.6 Å². The zero-order valence-electron chi connectivity index (χ0n) is 9.57. The first-order chi connectivity index (χ1) is 7.56. The molecular weight excluding hydrogens is 204 g/mol. The van der Waals surface area contributed by atoms with Crippen molar-refractivity contribution in [1.29, 1.82) is 0 Å². The first-order valence-electron chi connectivity index (χ1n) is 5.04. The average Bonchev–Trinajstić information content (AvgIpc) is 2.24. The molecule has 0 aliphatic rings. The van der Waals surface area contributed by atoms with Crippen LogP contribution in [0.15, 0.2) is 23.2 Å². The smallest absolute Gasteiger partial charge is 0.240 e. The van der Waals surface area contributed by atoms with Crippen LogP contribution < -0.4 is 5.32 Å². The zero-order valence-corrected chi connectivity index (χ0v) is 9.57. The molecule has 0 aliphatic heterocycles. The molecule has 0 atom stereocenters. The third kappa shape index (κ3) is 2.78. The van der Waals surface area contributed by atoms with Crippen molar-refractivity contribution < 1.29 is 9.59 Å². The lowest BCUT2D eigenvalue weighted by Crippen LogP contribution is -2.18. The first kappa shape index (κ1) is 12.1. The molecule has 1 N–H and O–H groups in total. The molecule has 0 spiro atoms. The predicted molar refractivity (Wildman–Crippen MR) is 62.4 cm³/mol. The van der Waals surface area contributed by atoms with Crippen LogP contribution in [0.2, 0.25) is 0 Å². The van der Waals surface area contributed by atoms with Gasteiger partial charge in [0.2, 0.25) is 12.0 Å². The van der Waals surface area contributed by atoms with Crippen LogP contribution in [0.4, 0.5) is 11.4 Å². The topological polar surface area (TPSA) is 58.5 Å². The highest BCUT2D eigenvalue weighted by Gasteiger charge is 2.09. The van der Waals surface area contributed by atoms with Crippen molar-refractivity contribution in [3.63, 3.8) is 0 Å². The standard InChI is InChI=1S/C12H14N2O2/c1-8(2)12(16)14-11-6-4-5-10(9(11)3)13-7-15/h4-6,8H,1-3H3,(H,14,16). The summed E-state index contributed by atoms with van der Waals surface area (Å²) in [6.45, 7) is 5.43. The zero-order chi connectivity index (χ0) is 12.1. The summed E-state index contributed by atoms with van der Waals surface area (Å²) in [6, 6.07) is 5.21. The normalized spacial score (nSPS) is 9.75. The minimum absolute atomic E-state index is 0.0599. The van der Waals surface area contributed by atoms with Crippen LogP contribution in [0, 0.1) is 12.8 Å². The molecule has 0 saturated carbocycles. The van der Waals surface area contributed by atoms with Crippen LogP contribution >= 0.6 is 0 Å². The number of rotatable bonds is 3. The van der Waals surface area contributed by atoms with Gasteiger partial charge in [0.15, 0.2) is 0 Å². The average molecular weight is 218 g/mol. The second kappa shape index (κ2) is 5.24. The summed E-state index contributed by atoms with van der Waals surface area (Å²) < 4.78 is 0. The Morgan fingerprint density at radius 2 is 2.12 bits per heavy atom. The molecule has 0 unspecified atom stereocenters. The van der Waals surface area contributed by atoms with Crippen LogP contribution in [0.3, 0.4) is 0 Å². The lowest BCUT2D eigenvalue weighted by Gasteiger charge is -2.11. The second-order valence-corrected chi connectivity index (χ2v) is 3.80. The van der Waals surface area contributed by atoms with E-state index in [0.717, 1.165) is 5.56 Å². The lowest BCUT2D eigenvalue weighted by atomic mass is 10.1. The Labute approximate surface area is 94.4 Å². The quantitative estimate of drug-likeness (QED) is 0.626. The Morgan fingerprint density at radius 3 is 2.69 bits per heavy atom. The maximum absolute atomic E-state index is 11.5. The number of aliphatic imine (C=N–C) groups is 1. The van der Waals surface area contributed by atoms with E-state index in [-0.39, 0.29) is 11.8 Å². The minimum Gasteiger partial charge on any atom is -0.326 e. The summed E-state index contributed by atoms with van der Waals surface area (Å²) in [4.78, 5) is 25.3. The molecule has 0 fully saturated rings. The van der Waals surface area contributed by atoms with E-state index in [2.05, 4.69) is 10.3 Å². The second-order valence-electron chi connectivity index (χ2n) is 3.80. The number of hydrogen-bond donors (Lipinski definition) is 1. The summed E-state index contributed by atoms with van der Waals surface area (Å²) in [7, 11) is 0. The number of benzene rings is 1. The molecule has 1 amide bonds. The molecule has 0 aromatic heterocycles. The Bertz CT molecular complexity index is 446. The summed E-state index contributed by atoms with van der Waals surface area (Å²) in [6.07, 6.45) is 1.49. The van der Waals surface area contributed by atoms with E-state index in [4.69, 9.17) is 0 Å². The molecule has 1 aromatic carbocycles. The fourth-order valence-corrected chi connectivity index (χ4v) is 1.21. The Balaban J connectivity index is 3.02. The van der Waals surface area contributed by atoms with Gasteiger partial charge in [-0.1, -0.05) is 19.9 Å². The number of nitrogens with one attached hydrogen (secondary N) is 1. The van der Waals surface area contributed by atoms with E-state index in [9.17, 15) is 9.59 Å². The van der Waals surface area contributed by atoms with Crippen LogP contribution in [0.25, 0.3) is 0 Å². The highest BCUT2D eigenvalue weighted by atomic mass is 16.1. The maximum Gasteiger partial charge on any atom is 0.240 e. The summed E-state index contributed by atoms with van der Waals surface area (Å²) in [5, 5.41) is 2.78. The van der Waals surface area contributed by atoms with Gasteiger partial charge in [0, 0.05) is 11.6 Å². The van der Waals surface area contributed by atoms with Crippen molar-refractivity contribution in [2.24, 2.45) is 10.9 Å². The van der Waals surface area contributed by atoms with Crippen molar-refractivity contribution in [3.8, 4) is 0 Å². The van der Waals surface area contributed by atoms with Crippen molar-refractivity contribution >= 4 is 23.4 Å². The molecule has 0 saturated heterocycles. The summed E-state index contributed by atoms with van der Waals surface area (Å²) >= 11 is 0. The van der Waals surface area contributed by atoms with Gasteiger partial charge in [0.25, 0.3) is 0 Å². The number of hydrogen-bond acceptors (Lipinski definition) is 3. The predicted octanol–water partition coefficient (Wildman–Crippen LogP) is 2.56. The van der Waals surface area contributed by atoms with Crippen LogP contribution in [0.1, 0.15) is 19.4 Å². The molecule has 0 heterocycles. The van der Waals surface area contributed by atoms with E-state index in [1.54, 1.807) is 25.1 Å². The van der Waals surface area contributed by atoms with Crippen LogP contribution in [-0.2, 0) is 9.59 Å².